The van der Waals surface area contributed by atoms with Gasteiger partial charge in [0.1, 0.15) is 5.52 Å². The first kappa shape index (κ1) is 13.3. The van der Waals surface area contributed by atoms with Crippen molar-refractivity contribution in [1.82, 2.24) is 9.88 Å². The molecule has 2 aromatic carbocycles. The van der Waals surface area contributed by atoms with E-state index < -0.39 is 0 Å². The van der Waals surface area contributed by atoms with E-state index in [2.05, 4.69) is 39.5 Å². The van der Waals surface area contributed by atoms with Crippen molar-refractivity contribution in [2.45, 2.75) is 19.0 Å². The Balaban J connectivity index is 1.38. The molecule has 0 saturated carbocycles. The van der Waals surface area contributed by atoms with E-state index in [1.54, 1.807) is 0 Å². The minimum absolute atomic E-state index is 0.492. The summed E-state index contributed by atoms with van der Waals surface area (Å²) < 4.78 is 5.81. The molecule has 1 aliphatic heterocycles. The number of nitrogens with one attached hydrogen (secondary N) is 1. The van der Waals surface area contributed by atoms with Gasteiger partial charge in [-0.3, -0.25) is 4.90 Å². The Labute approximate surface area is 129 Å². The molecule has 4 heteroatoms. The second kappa shape index (κ2) is 5.81. The molecule has 3 aromatic rings. The van der Waals surface area contributed by atoms with E-state index >= 15 is 0 Å². The number of anilines is 1. The zero-order valence-electron chi connectivity index (χ0n) is 12.4. The first-order valence-electron chi connectivity index (χ1n) is 7.75. The number of rotatable bonds is 4. The number of nitrogens with zero attached hydrogens (tertiary/aromatic N) is 2. The number of hydrogen-bond donors (Lipinski definition) is 1. The van der Waals surface area contributed by atoms with Crippen LogP contribution in [0.15, 0.2) is 59.0 Å². The molecule has 1 atom stereocenters. The fourth-order valence-electron chi connectivity index (χ4n) is 3.04. The summed E-state index contributed by atoms with van der Waals surface area (Å²) in [5.41, 5.74) is 3.00. The van der Waals surface area contributed by atoms with Gasteiger partial charge in [0, 0.05) is 24.8 Å². The molecule has 0 bridgehead atoms. The molecule has 1 N–H and O–H groups in total. The van der Waals surface area contributed by atoms with Gasteiger partial charge in [-0.2, -0.15) is 0 Å². The molecule has 0 radical (unpaired) electrons. The minimum Gasteiger partial charge on any atom is -0.439 e. The Morgan fingerprint density at radius 1 is 1.09 bits per heavy atom. The molecule has 1 saturated heterocycles. The van der Waals surface area contributed by atoms with Gasteiger partial charge in [-0.15, -0.1) is 0 Å². The average molecular weight is 293 g/mol. The minimum atomic E-state index is 0.492. The maximum absolute atomic E-state index is 5.81. The summed E-state index contributed by atoms with van der Waals surface area (Å²) in [6, 6.07) is 18.8. The maximum atomic E-state index is 5.81. The maximum Gasteiger partial charge on any atom is 0.209 e. The van der Waals surface area contributed by atoms with Crippen molar-refractivity contribution in [3.63, 3.8) is 0 Å². The molecular weight excluding hydrogens is 274 g/mol. The Bertz CT molecular complexity index is 720. The van der Waals surface area contributed by atoms with Gasteiger partial charge < -0.3 is 9.73 Å². The number of hydrogen-bond acceptors (Lipinski definition) is 4. The predicted octanol–water partition coefficient (Wildman–Crippen LogP) is 3.51. The highest BCUT2D eigenvalue weighted by Crippen LogP contribution is 2.20. The number of aromatic nitrogens is 1. The van der Waals surface area contributed by atoms with Crippen LogP contribution >= 0.6 is 0 Å². The van der Waals surface area contributed by atoms with Crippen molar-refractivity contribution in [3.8, 4) is 0 Å². The van der Waals surface area contributed by atoms with Gasteiger partial charge >= 0.3 is 0 Å². The van der Waals surface area contributed by atoms with E-state index in [9.17, 15) is 0 Å². The molecule has 1 aliphatic rings. The summed E-state index contributed by atoms with van der Waals surface area (Å²) in [5.74, 6) is 0.807. The molecule has 0 amide bonds. The van der Waals surface area contributed by atoms with E-state index in [1.165, 1.54) is 5.69 Å². The lowest BCUT2D eigenvalue weighted by Gasteiger charge is -2.15. The van der Waals surface area contributed by atoms with E-state index in [0.29, 0.717) is 6.04 Å². The van der Waals surface area contributed by atoms with Gasteiger partial charge in [0.25, 0.3) is 0 Å². The smallest absolute Gasteiger partial charge is 0.209 e. The third-order valence-electron chi connectivity index (χ3n) is 4.11. The number of likely N-dealkylation sites (tertiary alicyclic amines) is 1. The lowest BCUT2D eigenvalue weighted by atomic mass is 10.2. The van der Waals surface area contributed by atoms with Gasteiger partial charge in [-0.1, -0.05) is 30.3 Å². The first-order chi connectivity index (χ1) is 10.9. The van der Waals surface area contributed by atoms with E-state index in [4.69, 9.17) is 4.42 Å². The van der Waals surface area contributed by atoms with Crippen LogP contribution in [0.1, 0.15) is 12.3 Å². The van der Waals surface area contributed by atoms with Gasteiger partial charge in [0.05, 0.1) is 6.54 Å². The van der Waals surface area contributed by atoms with Crippen LogP contribution in [0.4, 0.5) is 5.69 Å². The quantitative estimate of drug-likeness (QED) is 0.799. The highest BCUT2D eigenvalue weighted by Gasteiger charge is 2.23. The zero-order valence-corrected chi connectivity index (χ0v) is 12.4. The summed E-state index contributed by atoms with van der Waals surface area (Å²) in [5, 5.41) is 3.59. The van der Waals surface area contributed by atoms with E-state index in [0.717, 1.165) is 43.0 Å². The average Bonchev–Trinajstić information content (AvgIpc) is 3.14. The second-order valence-corrected chi connectivity index (χ2v) is 5.81. The Morgan fingerprint density at radius 2 is 1.91 bits per heavy atom. The van der Waals surface area contributed by atoms with Crippen molar-refractivity contribution in [2.24, 2.45) is 0 Å². The Kier molecular flexibility index (Phi) is 3.52. The first-order valence-corrected chi connectivity index (χ1v) is 7.75. The Morgan fingerprint density at radius 3 is 2.77 bits per heavy atom. The predicted molar refractivity (Wildman–Crippen MR) is 87.8 cm³/mol. The molecule has 0 spiro atoms. The monoisotopic (exact) mass is 293 g/mol. The third-order valence-corrected chi connectivity index (χ3v) is 4.11. The second-order valence-electron chi connectivity index (χ2n) is 5.81. The van der Waals surface area contributed by atoms with Crippen LogP contribution in [0.2, 0.25) is 0 Å². The molecule has 1 unspecified atom stereocenters. The van der Waals surface area contributed by atoms with Crippen LogP contribution < -0.4 is 5.32 Å². The molecule has 112 valence electrons. The van der Waals surface area contributed by atoms with E-state index in [1.807, 2.05) is 30.3 Å². The number of oxazole rings is 1. The number of benzene rings is 2. The molecule has 4 nitrogen and oxygen atoms in total. The summed E-state index contributed by atoms with van der Waals surface area (Å²) in [6.45, 7) is 2.87. The lowest BCUT2D eigenvalue weighted by Crippen LogP contribution is -2.26. The third kappa shape index (κ3) is 2.83. The van der Waals surface area contributed by atoms with Gasteiger partial charge in [0.2, 0.25) is 5.89 Å². The largest absolute Gasteiger partial charge is 0.439 e. The van der Waals surface area contributed by atoms with Crippen molar-refractivity contribution in [1.29, 1.82) is 0 Å². The van der Waals surface area contributed by atoms with Crippen molar-refractivity contribution >= 4 is 16.8 Å². The van der Waals surface area contributed by atoms with Crippen molar-refractivity contribution in [3.05, 3.63) is 60.5 Å². The van der Waals surface area contributed by atoms with Crippen LogP contribution in [0, 0.1) is 0 Å². The molecular formula is C18H19N3O. The van der Waals surface area contributed by atoms with Crippen LogP contribution in [-0.4, -0.2) is 29.0 Å². The standard InChI is InChI=1S/C18H19N3O/c1-2-6-14(7-3-1)19-15-10-11-21(12-15)13-18-20-16-8-4-5-9-17(16)22-18/h1-9,15,19H,10-13H2. The van der Waals surface area contributed by atoms with E-state index in [-0.39, 0.29) is 0 Å². The van der Waals surface area contributed by atoms with Crippen LogP contribution in [0.3, 0.4) is 0 Å². The van der Waals surface area contributed by atoms with Crippen LogP contribution in [0.5, 0.6) is 0 Å². The zero-order chi connectivity index (χ0) is 14.8. The van der Waals surface area contributed by atoms with Crippen LogP contribution in [0.25, 0.3) is 11.1 Å². The molecule has 4 rings (SSSR count). The molecule has 0 aliphatic carbocycles. The Hall–Kier alpha value is -2.33. The van der Waals surface area contributed by atoms with Gasteiger partial charge in [-0.05, 0) is 30.7 Å². The van der Waals surface area contributed by atoms with Crippen LogP contribution in [-0.2, 0) is 6.54 Å². The molecule has 2 heterocycles. The summed E-state index contributed by atoms with van der Waals surface area (Å²) >= 11 is 0. The summed E-state index contributed by atoms with van der Waals surface area (Å²) in [6.07, 6.45) is 1.15. The molecule has 22 heavy (non-hydrogen) atoms. The highest BCUT2D eigenvalue weighted by molar-refractivity contribution is 5.72. The number of para-hydroxylation sites is 3. The summed E-state index contributed by atoms with van der Waals surface area (Å²) in [4.78, 5) is 6.95. The SMILES string of the molecule is c1ccc(NC2CCN(Cc3nc4ccccc4o3)C2)cc1. The topological polar surface area (TPSA) is 41.3 Å². The number of fused-ring (bicyclic) bond motifs is 1. The normalized spacial score (nSPS) is 18.8. The molecule has 1 fully saturated rings. The van der Waals surface area contributed by atoms with Crippen molar-refractivity contribution in [2.75, 3.05) is 18.4 Å². The van der Waals surface area contributed by atoms with Gasteiger partial charge in [0.15, 0.2) is 5.58 Å². The summed E-state index contributed by atoms with van der Waals surface area (Å²) in [7, 11) is 0. The van der Waals surface area contributed by atoms with Crippen molar-refractivity contribution < 1.29 is 4.42 Å². The molecule has 1 aromatic heterocycles. The fraction of sp³-hybridized carbons (Fsp3) is 0.278. The van der Waals surface area contributed by atoms with Gasteiger partial charge in [-0.25, -0.2) is 4.98 Å². The highest BCUT2D eigenvalue weighted by atomic mass is 16.3. The fourth-order valence-corrected chi connectivity index (χ4v) is 3.04. The lowest BCUT2D eigenvalue weighted by molar-refractivity contribution is 0.293.